The summed E-state index contributed by atoms with van der Waals surface area (Å²) < 4.78 is 24.3. The Morgan fingerprint density at radius 1 is 1.22 bits per heavy atom. The second-order valence-electron chi connectivity index (χ2n) is 5.88. The van der Waals surface area contributed by atoms with Crippen LogP contribution in [0.2, 0.25) is 0 Å². The third-order valence-electron chi connectivity index (χ3n) is 3.72. The lowest BCUT2D eigenvalue weighted by molar-refractivity contribution is -0.132. The topological polar surface area (TPSA) is 78.2 Å². The minimum absolute atomic E-state index is 0.0166. The molecule has 0 fully saturated rings. The summed E-state index contributed by atoms with van der Waals surface area (Å²) in [5, 5.41) is 7.78. The Morgan fingerprint density at radius 3 is 2.22 bits per heavy atom. The fourth-order valence-electron chi connectivity index (χ4n) is 2.24. The molecule has 1 aromatic carbocycles. The van der Waals surface area contributed by atoms with Gasteiger partial charge in [-0.3, -0.25) is 4.79 Å². The van der Waals surface area contributed by atoms with Crippen LogP contribution < -0.4 is 0 Å². The van der Waals surface area contributed by atoms with Gasteiger partial charge in [0.05, 0.1) is 17.4 Å². The van der Waals surface area contributed by atoms with Crippen molar-refractivity contribution in [3.63, 3.8) is 0 Å². The number of amides is 1. The van der Waals surface area contributed by atoms with Crippen molar-refractivity contribution >= 4 is 15.7 Å². The number of hydrogen-bond donors (Lipinski definition) is 0. The van der Waals surface area contributed by atoms with Crippen molar-refractivity contribution in [2.75, 3.05) is 5.75 Å². The highest BCUT2D eigenvalue weighted by molar-refractivity contribution is 7.92. The van der Waals surface area contributed by atoms with Gasteiger partial charge in [0.1, 0.15) is 5.25 Å². The quantitative estimate of drug-likeness (QED) is 0.766. The number of sulfone groups is 1. The minimum atomic E-state index is -3.43. The summed E-state index contributed by atoms with van der Waals surface area (Å²) in [7, 11) is -3.43. The summed E-state index contributed by atoms with van der Waals surface area (Å²) >= 11 is 0. The predicted molar refractivity (Wildman–Crippen MR) is 90.4 cm³/mol. The third kappa shape index (κ3) is 5.07. The van der Waals surface area contributed by atoms with E-state index in [1.165, 1.54) is 6.92 Å². The molecule has 1 aromatic rings. The largest absolute Gasteiger partial charge is 0.335 e. The van der Waals surface area contributed by atoms with Crippen molar-refractivity contribution in [3.8, 4) is 6.07 Å². The van der Waals surface area contributed by atoms with Gasteiger partial charge in [0.25, 0.3) is 0 Å². The van der Waals surface area contributed by atoms with Gasteiger partial charge >= 0.3 is 0 Å². The molecule has 0 spiro atoms. The van der Waals surface area contributed by atoms with E-state index in [1.54, 1.807) is 36.1 Å². The van der Waals surface area contributed by atoms with E-state index in [9.17, 15) is 13.2 Å². The van der Waals surface area contributed by atoms with Crippen molar-refractivity contribution < 1.29 is 13.2 Å². The molecule has 23 heavy (non-hydrogen) atoms. The van der Waals surface area contributed by atoms with Gasteiger partial charge in [0, 0.05) is 12.6 Å². The number of rotatable bonds is 7. The van der Waals surface area contributed by atoms with E-state index in [4.69, 9.17) is 5.26 Å². The van der Waals surface area contributed by atoms with Gasteiger partial charge in [-0.25, -0.2) is 8.42 Å². The fraction of sp³-hybridized carbons (Fsp3) is 0.529. The molecule has 0 saturated carbocycles. The molecule has 0 aliphatic heterocycles. The number of benzene rings is 1. The van der Waals surface area contributed by atoms with Gasteiger partial charge < -0.3 is 4.90 Å². The molecule has 0 aliphatic carbocycles. The summed E-state index contributed by atoms with van der Waals surface area (Å²) in [5.41, 5.74) is 1.42. The molecule has 0 radical (unpaired) electrons. The molecule has 0 bridgehead atoms. The van der Waals surface area contributed by atoms with Crippen LogP contribution in [0.5, 0.6) is 0 Å². The maximum absolute atomic E-state index is 12.6. The van der Waals surface area contributed by atoms with Crippen LogP contribution in [-0.2, 0) is 21.2 Å². The maximum atomic E-state index is 12.6. The summed E-state index contributed by atoms with van der Waals surface area (Å²) in [6.45, 7) is 7.29. The third-order valence-corrected chi connectivity index (χ3v) is 5.97. The molecule has 0 saturated heterocycles. The van der Waals surface area contributed by atoms with Crippen LogP contribution in [0, 0.1) is 11.3 Å². The van der Waals surface area contributed by atoms with Crippen LogP contribution >= 0.6 is 0 Å². The zero-order valence-electron chi connectivity index (χ0n) is 14.1. The molecule has 0 N–H and O–H groups in total. The number of nitrogens with zero attached hydrogens (tertiary/aromatic N) is 2. The van der Waals surface area contributed by atoms with Crippen LogP contribution in [-0.4, -0.2) is 36.3 Å². The van der Waals surface area contributed by atoms with Gasteiger partial charge in [-0.05, 0) is 44.9 Å². The van der Waals surface area contributed by atoms with E-state index >= 15 is 0 Å². The van der Waals surface area contributed by atoms with Gasteiger partial charge in [0.15, 0.2) is 9.84 Å². The SMILES string of the molecule is CCCS(=O)(=O)[C@@H](C)C(=O)N(Cc1ccc(C#N)cc1)C(C)C. The molecule has 126 valence electrons. The molecular formula is C17H24N2O3S. The van der Waals surface area contributed by atoms with E-state index in [2.05, 4.69) is 0 Å². The standard InChI is InChI=1S/C17H24N2O3S/c1-5-10-23(21,22)14(4)17(20)19(13(2)3)12-16-8-6-15(11-18)7-9-16/h6-9,13-14H,5,10,12H2,1-4H3/t14-/m0/s1. The highest BCUT2D eigenvalue weighted by Crippen LogP contribution is 2.15. The van der Waals surface area contributed by atoms with E-state index in [0.29, 0.717) is 18.5 Å². The molecule has 0 unspecified atom stereocenters. The van der Waals surface area contributed by atoms with Crippen LogP contribution in [0.25, 0.3) is 0 Å². The van der Waals surface area contributed by atoms with Crippen LogP contribution in [0.4, 0.5) is 0 Å². The van der Waals surface area contributed by atoms with Gasteiger partial charge in [-0.1, -0.05) is 19.1 Å². The lowest BCUT2D eigenvalue weighted by Gasteiger charge is -2.29. The van der Waals surface area contributed by atoms with Gasteiger partial charge in [-0.2, -0.15) is 5.26 Å². The lowest BCUT2D eigenvalue weighted by Crippen LogP contribution is -2.45. The Morgan fingerprint density at radius 2 is 1.78 bits per heavy atom. The summed E-state index contributed by atoms with van der Waals surface area (Å²) in [5.74, 6) is -0.360. The van der Waals surface area contributed by atoms with E-state index in [-0.39, 0.29) is 17.7 Å². The van der Waals surface area contributed by atoms with Crippen molar-refractivity contribution in [3.05, 3.63) is 35.4 Å². The zero-order valence-corrected chi connectivity index (χ0v) is 14.9. The molecule has 0 aromatic heterocycles. The van der Waals surface area contributed by atoms with Crippen molar-refractivity contribution in [1.82, 2.24) is 4.90 Å². The molecule has 0 aliphatic rings. The molecule has 5 nitrogen and oxygen atoms in total. The lowest BCUT2D eigenvalue weighted by atomic mass is 10.1. The second kappa shape index (κ2) is 8.11. The number of nitriles is 1. The van der Waals surface area contributed by atoms with Crippen LogP contribution in [0.15, 0.2) is 24.3 Å². The normalized spacial score (nSPS) is 12.7. The monoisotopic (exact) mass is 336 g/mol. The van der Waals surface area contributed by atoms with Crippen molar-refractivity contribution in [1.29, 1.82) is 5.26 Å². The fourth-order valence-corrected chi connectivity index (χ4v) is 3.61. The first-order valence-corrected chi connectivity index (χ1v) is 9.45. The molecular weight excluding hydrogens is 312 g/mol. The average Bonchev–Trinajstić information content (AvgIpc) is 2.51. The predicted octanol–water partition coefficient (Wildman–Crippen LogP) is 2.51. The van der Waals surface area contributed by atoms with E-state index in [1.807, 2.05) is 19.9 Å². The first kappa shape index (κ1) is 19.2. The van der Waals surface area contributed by atoms with Gasteiger partial charge in [0.2, 0.25) is 5.91 Å². The number of hydrogen-bond acceptors (Lipinski definition) is 4. The maximum Gasteiger partial charge on any atom is 0.241 e. The Hall–Kier alpha value is -1.87. The smallest absolute Gasteiger partial charge is 0.241 e. The summed E-state index contributed by atoms with van der Waals surface area (Å²) in [4.78, 5) is 14.2. The Bertz CT molecular complexity index is 673. The zero-order chi connectivity index (χ0) is 17.6. The van der Waals surface area contributed by atoms with E-state index < -0.39 is 15.1 Å². The van der Waals surface area contributed by atoms with E-state index in [0.717, 1.165) is 5.56 Å². The molecule has 0 heterocycles. The molecule has 1 atom stereocenters. The summed E-state index contributed by atoms with van der Waals surface area (Å²) in [6.07, 6.45) is 0.497. The van der Waals surface area contributed by atoms with Crippen LogP contribution in [0.1, 0.15) is 45.2 Å². The highest BCUT2D eigenvalue weighted by atomic mass is 32.2. The van der Waals surface area contributed by atoms with Crippen molar-refractivity contribution in [2.45, 2.75) is 52.0 Å². The van der Waals surface area contributed by atoms with Crippen molar-refractivity contribution in [2.24, 2.45) is 0 Å². The minimum Gasteiger partial charge on any atom is -0.335 e. The Labute approximate surface area is 138 Å². The Balaban J connectivity index is 2.97. The number of carbonyl (C=O) groups excluding carboxylic acids is 1. The second-order valence-corrected chi connectivity index (χ2v) is 8.32. The first-order valence-electron chi connectivity index (χ1n) is 7.74. The molecule has 1 amide bonds. The average molecular weight is 336 g/mol. The highest BCUT2D eigenvalue weighted by Gasteiger charge is 2.32. The molecule has 6 heteroatoms. The van der Waals surface area contributed by atoms with Gasteiger partial charge in [-0.15, -0.1) is 0 Å². The Kier molecular flexibility index (Phi) is 6.77. The van der Waals surface area contributed by atoms with Crippen LogP contribution in [0.3, 0.4) is 0 Å². The molecule has 1 rings (SSSR count). The first-order chi connectivity index (χ1) is 10.7. The summed E-state index contributed by atoms with van der Waals surface area (Å²) in [6, 6.07) is 8.88. The number of carbonyl (C=O) groups is 1.